The van der Waals surface area contributed by atoms with Gasteiger partial charge in [0.1, 0.15) is 5.82 Å². The Morgan fingerprint density at radius 3 is 2.61 bits per heavy atom. The Morgan fingerprint density at radius 2 is 2.11 bits per heavy atom. The molecule has 100 valence electrons. The topological polar surface area (TPSA) is 24.9 Å². The van der Waals surface area contributed by atoms with Crippen LogP contribution in [0.5, 0.6) is 0 Å². The zero-order chi connectivity index (χ0) is 13.4. The van der Waals surface area contributed by atoms with Crippen molar-refractivity contribution >= 4 is 21.7 Å². The number of anilines is 1. The molecule has 0 saturated heterocycles. The van der Waals surface area contributed by atoms with Gasteiger partial charge >= 0.3 is 6.18 Å². The molecule has 0 radical (unpaired) electrons. The highest BCUT2D eigenvalue weighted by molar-refractivity contribution is 9.10. The highest BCUT2D eigenvalue weighted by atomic mass is 79.9. The average molecular weight is 323 g/mol. The van der Waals surface area contributed by atoms with Crippen LogP contribution in [0.4, 0.5) is 19.0 Å². The summed E-state index contributed by atoms with van der Waals surface area (Å²) in [4.78, 5) is 3.83. The van der Waals surface area contributed by atoms with Crippen LogP contribution in [0.3, 0.4) is 0 Å². The van der Waals surface area contributed by atoms with Gasteiger partial charge in [0.25, 0.3) is 0 Å². The molecular formula is C12H14BrF3N2. The average Bonchev–Trinajstić information content (AvgIpc) is 2.23. The summed E-state index contributed by atoms with van der Waals surface area (Å²) in [7, 11) is 0. The van der Waals surface area contributed by atoms with Crippen LogP contribution < -0.4 is 5.32 Å². The standard InChI is InChI=1S/C12H14BrF3N2/c1-11(3-2-4-11)7-18-10-9(12(14,15)16)5-8(13)6-17-10/h5-6H,2-4,7H2,1H3,(H,17,18). The number of aromatic nitrogens is 1. The molecule has 6 heteroatoms. The van der Waals surface area contributed by atoms with E-state index in [1.807, 2.05) is 0 Å². The summed E-state index contributed by atoms with van der Waals surface area (Å²) in [6.07, 6.45) is 0.244. The molecule has 1 aliphatic carbocycles. The fourth-order valence-corrected chi connectivity index (χ4v) is 2.38. The minimum atomic E-state index is -4.39. The maximum absolute atomic E-state index is 12.8. The predicted octanol–water partition coefficient (Wildman–Crippen LogP) is 4.47. The van der Waals surface area contributed by atoms with Crippen molar-refractivity contribution in [2.24, 2.45) is 5.41 Å². The molecule has 0 unspecified atom stereocenters. The van der Waals surface area contributed by atoms with E-state index in [-0.39, 0.29) is 11.2 Å². The van der Waals surface area contributed by atoms with Gasteiger partial charge in [-0.3, -0.25) is 0 Å². The Bertz CT molecular complexity index is 441. The van der Waals surface area contributed by atoms with Crippen LogP contribution in [0.15, 0.2) is 16.7 Å². The summed E-state index contributed by atoms with van der Waals surface area (Å²) in [6.45, 7) is 2.61. The number of halogens is 4. The number of nitrogens with one attached hydrogen (secondary N) is 1. The van der Waals surface area contributed by atoms with Crippen molar-refractivity contribution in [3.8, 4) is 0 Å². The van der Waals surface area contributed by atoms with Crippen LogP contribution in [-0.2, 0) is 6.18 Å². The predicted molar refractivity (Wildman–Crippen MR) is 67.4 cm³/mol. The Balaban J connectivity index is 2.16. The highest BCUT2D eigenvalue weighted by Gasteiger charge is 2.36. The van der Waals surface area contributed by atoms with E-state index in [1.54, 1.807) is 0 Å². The van der Waals surface area contributed by atoms with Crippen LogP contribution in [0.1, 0.15) is 31.7 Å². The first kappa shape index (κ1) is 13.6. The first-order chi connectivity index (χ1) is 8.30. The van der Waals surface area contributed by atoms with Crippen molar-refractivity contribution in [1.82, 2.24) is 4.98 Å². The summed E-state index contributed by atoms with van der Waals surface area (Å²) in [6, 6.07) is 1.05. The second-order valence-electron chi connectivity index (χ2n) is 5.07. The molecule has 2 nitrogen and oxygen atoms in total. The van der Waals surface area contributed by atoms with Crippen molar-refractivity contribution in [1.29, 1.82) is 0 Å². The Kier molecular flexibility index (Phi) is 3.58. The fraction of sp³-hybridized carbons (Fsp3) is 0.583. The molecule has 0 bridgehead atoms. The van der Waals surface area contributed by atoms with Crippen LogP contribution in [0, 0.1) is 5.41 Å². The monoisotopic (exact) mass is 322 g/mol. The number of hydrogen-bond donors (Lipinski definition) is 1. The smallest absolute Gasteiger partial charge is 0.369 e. The van der Waals surface area contributed by atoms with Gasteiger partial charge in [0, 0.05) is 17.2 Å². The summed E-state index contributed by atoms with van der Waals surface area (Å²) in [5.74, 6) is -0.0844. The Hall–Kier alpha value is -0.780. The van der Waals surface area contributed by atoms with Crippen LogP contribution in [0.2, 0.25) is 0 Å². The van der Waals surface area contributed by atoms with E-state index in [2.05, 4.69) is 33.2 Å². The van der Waals surface area contributed by atoms with E-state index >= 15 is 0 Å². The van der Waals surface area contributed by atoms with Crippen LogP contribution >= 0.6 is 15.9 Å². The summed E-state index contributed by atoms with van der Waals surface area (Å²) in [5, 5.41) is 2.84. The van der Waals surface area contributed by atoms with Crippen molar-refractivity contribution in [3.63, 3.8) is 0 Å². The molecule has 0 spiro atoms. The number of hydrogen-bond acceptors (Lipinski definition) is 2. The summed E-state index contributed by atoms with van der Waals surface area (Å²) < 4.78 is 38.9. The van der Waals surface area contributed by atoms with Gasteiger partial charge in [0.15, 0.2) is 0 Å². The van der Waals surface area contributed by atoms with Crippen molar-refractivity contribution in [2.45, 2.75) is 32.4 Å². The quantitative estimate of drug-likeness (QED) is 0.888. The molecule has 0 aromatic carbocycles. The summed E-state index contributed by atoms with van der Waals surface area (Å²) >= 11 is 3.01. The first-order valence-electron chi connectivity index (χ1n) is 5.77. The van der Waals surface area contributed by atoms with Crippen molar-refractivity contribution in [3.05, 3.63) is 22.3 Å². The zero-order valence-corrected chi connectivity index (χ0v) is 11.5. The van der Waals surface area contributed by atoms with Crippen molar-refractivity contribution in [2.75, 3.05) is 11.9 Å². The van der Waals surface area contributed by atoms with Gasteiger partial charge in [0.05, 0.1) is 5.56 Å². The lowest BCUT2D eigenvalue weighted by Gasteiger charge is -2.38. The van der Waals surface area contributed by atoms with Gasteiger partial charge in [-0.05, 0) is 40.3 Å². The zero-order valence-electron chi connectivity index (χ0n) is 9.94. The second kappa shape index (κ2) is 4.72. The number of pyridine rings is 1. The molecule has 1 saturated carbocycles. The van der Waals surface area contributed by atoms with E-state index in [4.69, 9.17) is 0 Å². The van der Waals surface area contributed by atoms with E-state index in [1.165, 1.54) is 6.20 Å². The minimum Gasteiger partial charge on any atom is -0.369 e. The number of alkyl halides is 3. The fourth-order valence-electron chi connectivity index (χ4n) is 2.05. The van der Waals surface area contributed by atoms with Crippen molar-refractivity contribution < 1.29 is 13.2 Å². The molecular weight excluding hydrogens is 309 g/mol. The number of rotatable bonds is 3. The third-order valence-electron chi connectivity index (χ3n) is 3.40. The van der Waals surface area contributed by atoms with E-state index in [9.17, 15) is 13.2 Å². The van der Waals surface area contributed by atoms with Gasteiger partial charge < -0.3 is 5.32 Å². The molecule has 1 aliphatic rings. The second-order valence-corrected chi connectivity index (χ2v) is 5.98. The number of nitrogens with zero attached hydrogens (tertiary/aromatic N) is 1. The molecule has 0 atom stereocenters. The highest BCUT2D eigenvalue weighted by Crippen LogP contribution is 2.41. The lowest BCUT2D eigenvalue weighted by atomic mass is 9.70. The molecule has 1 heterocycles. The van der Waals surface area contributed by atoms with E-state index in [0.717, 1.165) is 25.3 Å². The molecule has 2 rings (SSSR count). The van der Waals surface area contributed by atoms with E-state index < -0.39 is 11.7 Å². The lowest BCUT2D eigenvalue weighted by molar-refractivity contribution is -0.137. The Labute approximate surface area is 112 Å². The molecule has 1 aromatic rings. The van der Waals surface area contributed by atoms with Gasteiger partial charge in [-0.1, -0.05) is 13.3 Å². The molecule has 0 aliphatic heterocycles. The normalized spacial score (nSPS) is 18.3. The molecule has 0 amide bonds. The SMILES string of the molecule is CC1(CNc2ncc(Br)cc2C(F)(F)F)CCC1. The van der Waals surface area contributed by atoms with E-state index in [0.29, 0.717) is 11.0 Å². The maximum atomic E-state index is 12.8. The lowest BCUT2D eigenvalue weighted by Crippen LogP contribution is -2.34. The first-order valence-corrected chi connectivity index (χ1v) is 6.56. The molecule has 1 N–H and O–H groups in total. The molecule has 1 fully saturated rings. The maximum Gasteiger partial charge on any atom is 0.419 e. The molecule has 18 heavy (non-hydrogen) atoms. The van der Waals surface area contributed by atoms with Gasteiger partial charge in [-0.15, -0.1) is 0 Å². The largest absolute Gasteiger partial charge is 0.419 e. The van der Waals surface area contributed by atoms with Gasteiger partial charge in [0.2, 0.25) is 0 Å². The van der Waals surface area contributed by atoms with Crippen LogP contribution in [-0.4, -0.2) is 11.5 Å². The van der Waals surface area contributed by atoms with Gasteiger partial charge in [-0.2, -0.15) is 13.2 Å². The third kappa shape index (κ3) is 2.96. The third-order valence-corrected chi connectivity index (χ3v) is 3.84. The summed E-state index contributed by atoms with van der Waals surface area (Å²) in [5.41, 5.74) is -0.614. The van der Waals surface area contributed by atoms with Gasteiger partial charge in [-0.25, -0.2) is 4.98 Å². The molecule has 1 aromatic heterocycles. The van der Waals surface area contributed by atoms with Crippen LogP contribution in [0.25, 0.3) is 0 Å². The minimum absolute atomic E-state index is 0.0844. The Morgan fingerprint density at radius 1 is 1.44 bits per heavy atom.